The maximum absolute atomic E-state index is 12.6. The smallest absolute Gasteiger partial charge is 0.308 e. The number of hydrogen-bond donors (Lipinski definition) is 1. The van der Waals surface area contributed by atoms with Gasteiger partial charge in [-0.1, -0.05) is 39.0 Å². The molecule has 1 fully saturated rings. The predicted molar refractivity (Wildman–Crippen MR) is 85.8 cm³/mol. The minimum absolute atomic E-state index is 0.219. The van der Waals surface area contributed by atoms with Crippen molar-refractivity contribution >= 4 is 10.2 Å². The van der Waals surface area contributed by atoms with E-state index in [1.165, 1.54) is 41.6 Å². The summed E-state index contributed by atoms with van der Waals surface area (Å²) in [4.78, 5) is 4.37. The first-order valence-electron chi connectivity index (χ1n) is 8.05. The Hall–Kier alpha value is -0.920. The molecule has 126 valence electrons. The Morgan fingerprint density at radius 2 is 1.91 bits per heavy atom. The fourth-order valence-electron chi connectivity index (χ4n) is 3.22. The van der Waals surface area contributed by atoms with Crippen molar-refractivity contribution in [3.63, 3.8) is 0 Å². The van der Waals surface area contributed by atoms with Crippen LogP contribution in [0.1, 0.15) is 56.2 Å². The summed E-state index contributed by atoms with van der Waals surface area (Å²) < 4.78 is 27.7. The Morgan fingerprint density at radius 1 is 1.27 bits per heavy atom. The molecule has 0 saturated heterocycles. The largest absolute Gasteiger partial charge is 0.388 e. The molecule has 1 heterocycles. The van der Waals surface area contributed by atoms with Crippen LogP contribution in [0, 0.1) is 5.92 Å². The van der Waals surface area contributed by atoms with Gasteiger partial charge in [0.2, 0.25) is 0 Å². The van der Waals surface area contributed by atoms with Gasteiger partial charge in [-0.05, 0) is 18.8 Å². The van der Waals surface area contributed by atoms with Crippen LogP contribution in [-0.2, 0) is 29.7 Å². The van der Waals surface area contributed by atoms with Crippen LogP contribution in [0.4, 0.5) is 0 Å². The van der Waals surface area contributed by atoms with Gasteiger partial charge < -0.3 is 5.11 Å². The Morgan fingerprint density at radius 3 is 2.41 bits per heavy atom. The van der Waals surface area contributed by atoms with E-state index in [9.17, 15) is 13.5 Å². The molecule has 0 bridgehead atoms. The molecule has 1 N–H and O–H groups in total. The third-order valence-electron chi connectivity index (χ3n) is 4.45. The molecule has 22 heavy (non-hydrogen) atoms. The lowest BCUT2D eigenvalue weighted by atomic mass is 9.86. The summed E-state index contributed by atoms with van der Waals surface area (Å²) in [6, 6.07) is 0. The summed E-state index contributed by atoms with van der Waals surface area (Å²) in [5.74, 6) is 0.731. The van der Waals surface area contributed by atoms with E-state index in [4.69, 9.17) is 0 Å². The van der Waals surface area contributed by atoms with E-state index in [0.717, 1.165) is 30.7 Å². The zero-order valence-electron chi connectivity index (χ0n) is 13.7. The second-order valence-corrected chi connectivity index (χ2v) is 8.19. The molecule has 2 rings (SSSR count). The van der Waals surface area contributed by atoms with E-state index in [0.29, 0.717) is 12.3 Å². The molecule has 0 atom stereocenters. The van der Waals surface area contributed by atoms with Gasteiger partial charge >= 0.3 is 10.2 Å². The lowest BCUT2D eigenvalue weighted by molar-refractivity contribution is 0.269. The normalized spacial score (nSPS) is 17.3. The zero-order chi connectivity index (χ0) is 16.3. The van der Waals surface area contributed by atoms with E-state index < -0.39 is 10.2 Å². The fourth-order valence-corrected chi connectivity index (χ4v) is 4.37. The van der Waals surface area contributed by atoms with Crippen LogP contribution in [-0.4, -0.2) is 40.9 Å². The first-order chi connectivity index (χ1) is 10.4. The van der Waals surface area contributed by atoms with Gasteiger partial charge in [0.1, 0.15) is 12.4 Å². The number of hydrogen-bond acceptors (Lipinski definition) is 4. The summed E-state index contributed by atoms with van der Waals surface area (Å²) in [6.45, 7) is 1.60. The molecule has 1 aliphatic carbocycles. The minimum atomic E-state index is -3.66. The van der Waals surface area contributed by atoms with Crippen LogP contribution < -0.4 is 0 Å². The number of imidazole rings is 1. The van der Waals surface area contributed by atoms with Crippen molar-refractivity contribution in [2.24, 2.45) is 5.92 Å². The number of aromatic nitrogens is 2. The second kappa shape index (κ2) is 7.10. The fraction of sp³-hybridized carbons (Fsp3) is 0.800. The first-order valence-corrected chi connectivity index (χ1v) is 9.44. The zero-order valence-corrected chi connectivity index (χ0v) is 14.6. The summed E-state index contributed by atoms with van der Waals surface area (Å²) in [6.07, 6.45) is 7.39. The van der Waals surface area contributed by atoms with Crippen LogP contribution >= 0.6 is 0 Å². The number of aryl methyl sites for hydroxylation is 1. The van der Waals surface area contributed by atoms with E-state index >= 15 is 0 Å². The molecule has 1 saturated carbocycles. The van der Waals surface area contributed by atoms with Crippen molar-refractivity contribution < 1.29 is 13.5 Å². The highest BCUT2D eigenvalue weighted by molar-refractivity contribution is 7.87. The Labute approximate surface area is 133 Å². The molecule has 0 aromatic carbocycles. The first kappa shape index (κ1) is 17.4. The third kappa shape index (κ3) is 3.36. The van der Waals surface area contributed by atoms with E-state index in [1.54, 1.807) is 0 Å². The standard InChI is InChI=1S/C15H27N3O3S/c1-4-13-14(10-12-8-6-5-7-9-12)18(15(11-19)16-13)22(20,21)17(2)3/h12,19H,4-11H2,1-3H3. The van der Waals surface area contributed by atoms with Crippen molar-refractivity contribution in [1.29, 1.82) is 0 Å². The van der Waals surface area contributed by atoms with Crippen molar-refractivity contribution in [2.45, 2.75) is 58.5 Å². The van der Waals surface area contributed by atoms with Crippen molar-refractivity contribution in [3.05, 3.63) is 17.2 Å². The van der Waals surface area contributed by atoms with Gasteiger partial charge in [0, 0.05) is 14.1 Å². The van der Waals surface area contributed by atoms with Gasteiger partial charge in [0.05, 0.1) is 11.4 Å². The molecule has 0 spiro atoms. The topological polar surface area (TPSA) is 75.4 Å². The quantitative estimate of drug-likeness (QED) is 0.862. The van der Waals surface area contributed by atoms with Gasteiger partial charge in [0.15, 0.2) is 0 Å². The molecule has 0 radical (unpaired) electrons. The highest BCUT2D eigenvalue weighted by atomic mass is 32.2. The summed E-state index contributed by atoms with van der Waals surface area (Å²) in [5.41, 5.74) is 1.55. The van der Waals surface area contributed by atoms with Crippen LogP contribution in [0.5, 0.6) is 0 Å². The number of rotatable bonds is 6. The lowest BCUT2D eigenvalue weighted by Crippen LogP contribution is -2.32. The average Bonchev–Trinajstić information content (AvgIpc) is 2.86. The Balaban J connectivity index is 2.47. The Kier molecular flexibility index (Phi) is 5.63. The predicted octanol–water partition coefficient (Wildman–Crippen LogP) is 1.72. The highest BCUT2D eigenvalue weighted by Crippen LogP contribution is 2.29. The molecule has 0 aliphatic heterocycles. The van der Waals surface area contributed by atoms with Crippen LogP contribution in [0.2, 0.25) is 0 Å². The van der Waals surface area contributed by atoms with Crippen molar-refractivity contribution in [1.82, 2.24) is 13.3 Å². The summed E-state index contributed by atoms with van der Waals surface area (Å²) in [7, 11) is -0.650. The molecular weight excluding hydrogens is 302 g/mol. The SMILES string of the molecule is CCc1nc(CO)n(S(=O)(=O)N(C)C)c1CC1CCCCC1. The molecule has 1 aromatic heterocycles. The highest BCUT2D eigenvalue weighted by Gasteiger charge is 2.28. The van der Waals surface area contributed by atoms with Gasteiger partial charge in [0.25, 0.3) is 0 Å². The Bertz CT molecular complexity index is 602. The molecule has 0 unspecified atom stereocenters. The molecule has 7 heteroatoms. The summed E-state index contributed by atoms with van der Waals surface area (Å²) in [5, 5.41) is 9.54. The van der Waals surface area contributed by atoms with Crippen LogP contribution in [0.15, 0.2) is 0 Å². The number of nitrogens with zero attached hydrogens (tertiary/aromatic N) is 3. The second-order valence-electron chi connectivity index (χ2n) is 6.20. The third-order valence-corrected chi connectivity index (χ3v) is 6.27. The van der Waals surface area contributed by atoms with Gasteiger partial charge in [-0.15, -0.1) is 0 Å². The molecule has 1 aliphatic rings. The van der Waals surface area contributed by atoms with E-state index in [1.807, 2.05) is 6.92 Å². The molecule has 1 aromatic rings. The number of aliphatic hydroxyl groups is 1. The van der Waals surface area contributed by atoms with Gasteiger partial charge in [-0.2, -0.15) is 12.7 Å². The van der Waals surface area contributed by atoms with Crippen molar-refractivity contribution in [3.8, 4) is 0 Å². The van der Waals surface area contributed by atoms with Crippen molar-refractivity contribution in [2.75, 3.05) is 14.1 Å². The van der Waals surface area contributed by atoms with Gasteiger partial charge in [-0.25, -0.2) is 8.96 Å². The maximum Gasteiger partial charge on any atom is 0.308 e. The van der Waals surface area contributed by atoms with Crippen LogP contribution in [0.3, 0.4) is 0 Å². The molecule has 0 amide bonds. The maximum atomic E-state index is 12.6. The monoisotopic (exact) mass is 329 g/mol. The molecule has 6 nitrogen and oxygen atoms in total. The van der Waals surface area contributed by atoms with Crippen LogP contribution in [0.25, 0.3) is 0 Å². The molecular formula is C15H27N3O3S. The van der Waals surface area contributed by atoms with E-state index in [2.05, 4.69) is 4.98 Å². The minimum Gasteiger partial charge on any atom is -0.388 e. The lowest BCUT2D eigenvalue weighted by Gasteiger charge is -2.23. The summed E-state index contributed by atoms with van der Waals surface area (Å²) >= 11 is 0. The average molecular weight is 329 g/mol. The van der Waals surface area contributed by atoms with E-state index in [-0.39, 0.29) is 12.4 Å². The van der Waals surface area contributed by atoms with Gasteiger partial charge in [-0.3, -0.25) is 0 Å². The number of aliphatic hydroxyl groups excluding tert-OH is 1.